The number of aromatic nitrogens is 2. The highest BCUT2D eigenvalue weighted by Gasteiger charge is 2.07. The molecule has 5 nitrogen and oxygen atoms in total. The number of para-hydroxylation sites is 2. The maximum atomic E-state index is 5.39. The Morgan fingerprint density at radius 1 is 0.962 bits per heavy atom. The molecule has 2 aromatic carbocycles. The largest absolute Gasteiger partial charge is 0.496 e. The Morgan fingerprint density at radius 2 is 1.73 bits per heavy atom. The molecule has 0 bridgehead atoms. The van der Waals surface area contributed by atoms with Crippen molar-refractivity contribution in [1.82, 2.24) is 9.97 Å². The molecule has 5 heteroatoms. The fourth-order valence-electron chi connectivity index (χ4n) is 2.89. The molecule has 3 rings (SSSR count). The lowest BCUT2D eigenvalue weighted by Crippen LogP contribution is -2.05. The van der Waals surface area contributed by atoms with E-state index in [9.17, 15) is 0 Å². The first-order valence-electron chi connectivity index (χ1n) is 8.74. The summed E-state index contributed by atoms with van der Waals surface area (Å²) in [6.45, 7) is 4.88. The normalized spacial score (nSPS) is 10.4. The van der Waals surface area contributed by atoms with E-state index in [0.29, 0.717) is 6.54 Å². The molecule has 0 unspecified atom stereocenters. The van der Waals surface area contributed by atoms with Gasteiger partial charge in [-0.3, -0.25) is 0 Å². The smallest absolute Gasteiger partial charge is 0.135 e. The van der Waals surface area contributed by atoms with Gasteiger partial charge in [0.1, 0.15) is 23.7 Å². The first-order chi connectivity index (χ1) is 12.7. The zero-order chi connectivity index (χ0) is 18.4. The number of hydrogen-bond donors (Lipinski definition) is 2. The summed E-state index contributed by atoms with van der Waals surface area (Å²) in [4.78, 5) is 8.67. The molecule has 0 spiro atoms. The van der Waals surface area contributed by atoms with E-state index in [1.165, 1.54) is 11.1 Å². The van der Waals surface area contributed by atoms with Gasteiger partial charge in [-0.25, -0.2) is 9.97 Å². The number of nitrogens with one attached hydrogen (secondary N) is 2. The van der Waals surface area contributed by atoms with Crippen molar-refractivity contribution in [2.45, 2.75) is 26.8 Å². The second-order valence-electron chi connectivity index (χ2n) is 6.04. The lowest BCUT2D eigenvalue weighted by atomic mass is 10.1. The third-order valence-electron chi connectivity index (χ3n) is 4.31. The summed E-state index contributed by atoms with van der Waals surface area (Å²) in [5.74, 6) is 2.39. The Hall–Kier alpha value is -3.08. The van der Waals surface area contributed by atoms with Gasteiger partial charge in [0.05, 0.1) is 7.11 Å². The Balaban J connectivity index is 1.75. The molecule has 0 atom stereocenters. The van der Waals surface area contributed by atoms with Crippen LogP contribution in [0, 0.1) is 6.92 Å². The number of hydrogen-bond acceptors (Lipinski definition) is 5. The van der Waals surface area contributed by atoms with Crippen LogP contribution in [-0.2, 0) is 13.0 Å². The minimum atomic E-state index is 0.630. The van der Waals surface area contributed by atoms with Gasteiger partial charge in [0.15, 0.2) is 0 Å². The summed E-state index contributed by atoms with van der Waals surface area (Å²) in [5.41, 5.74) is 4.67. The fraction of sp³-hybridized carbons (Fsp3) is 0.238. The molecule has 1 aromatic heterocycles. The zero-order valence-electron chi connectivity index (χ0n) is 15.4. The summed E-state index contributed by atoms with van der Waals surface area (Å²) in [6, 6.07) is 16.2. The topological polar surface area (TPSA) is 59.1 Å². The Bertz CT molecular complexity index is 879. The van der Waals surface area contributed by atoms with Crippen molar-refractivity contribution in [2.75, 3.05) is 17.7 Å². The molecule has 0 amide bonds. The van der Waals surface area contributed by atoms with Crippen molar-refractivity contribution in [3.63, 3.8) is 0 Å². The summed E-state index contributed by atoms with van der Waals surface area (Å²) < 4.78 is 5.39. The highest BCUT2D eigenvalue weighted by molar-refractivity contribution is 5.66. The molecule has 0 aliphatic rings. The molecule has 0 aliphatic carbocycles. The average Bonchev–Trinajstić information content (AvgIpc) is 2.68. The van der Waals surface area contributed by atoms with Crippen molar-refractivity contribution >= 4 is 17.3 Å². The van der Waals surface area contributed by atoms with E-state index in [-0.39, 0.29) is 0 Å². The highest BCUT2D eigenvalue weighted by Crippen LogP contribution is 2.25. The van der Waals surface area contributed by atoms with Gasteiger partial charge in [0.25, 0.3) is 0 Å². The quantitative estimate of drug-likeness (QED) is 0.647. The van der Waals surface area contributed by atoms with Crippen LogP contribution in [0.5, 0.6) is 5.75 Å². The van der Waals surface area contributed by atoms with Crippen LogP contribution in [0.3, 0.4) is 0 Å². The highest BCUT2D eigenvalue weighted by atomic mass is 16.5. The number of nitrogens with zero attached hydrogens (tertiary/aromatic N) is 2. The standard InChI is InChI=1S/C21H24N4O/c1-4-16-10-7-8-15(2)21(16)25-20-12-19(23-14-24-20)22-13-17-9-5-6-11-18(17)26-3/h5-12,14H,4,13H2,1-3H3,(H2,22,23,24,25). The second kappa shape index (κ2) is 8.34. The van der Waals surface area contributed by atoms with Crippen molar-refractivity contribution in [3.05, 3.63) is 71.5 Å². The first-order valence-corrected chi connectivity index (χ1v) is 8.74. The third kappa shape index (κ3) is 4.11. The minimum absolute atomic E-state index is 0.630. The number of rotatable bonds is 7. The lowest BCUT2D eigenvalue weighted by Gasteiger charge is -2.14. The van der Waals surface area contributed by atoms with Gasteiger partial charge in [-0.15, -0.1) is 0 Å². The number of aryl methyl sites for hydroxylation is 2. The Kier molecular flexibility index (Phi) is 5.69. The predicted molar refractivity (Wildman–Crippen MR) is 106 cm³/mol. The average molecular weight is 348 g/mol. The van der Waals surface area contributed by atoms with Crippen molar-refractivity contribution < 1.29 is 4.74 Å². The van der Waals surface area contributed by atoms with Crippen LogP contribution < -0.4 is 15.4 Å². The molecular weight excluding hydrogens is 324 g/mol. The van der Waals surface area contributed by atoms with Gasteiger partial charge < -0.3 is 15.4 Å². The molecule has 134 valence electrons. The molecule has 0 saturated heterocycles. The molecular formula is C21H24N4O. The molecule has 1 heterocycles. The lowest BCUT2D eigenvalue weighted by molar-refractivity contribution is 0.410. The molecule has 2 N–H and O–H groups in total. The van der Waals surface area contributed by atoms with Crippen LogP contribution in [0.4, 0.5) is 17.3 Å². The van der Waals surface area contributed by atoms with Crippen LogP contribution >= 0.6 is 0 Å². The van der Waals surface area contributed by atoms with Crippen molar-refractivity contribution in [3.8, 4) is 5.75 Å². The third-order valence-corrected chi connectivity index (χ3v) is 4.31. The van der Waals surface area contributed by atoms with E-state index >= 15 is 0 Å². The monoisotopic (exact) mass is 348 g/mol. The van der Waals surface area contributed by atoms with Gasteiger partial charge in [0.2, 0.25) is 0 Å². The zero-order valence-corrected chi connectivity index (χ0v) is 15.4. The van der Waals surface area contributed by atoms with Gasteiger partial charge >= 0.3 is 0 Å². The minimum Gasteiger partial charge on any atom is -0.496 e. The molecule has 0 aliphatic heterocycles. The predicted octanol–water partition coefficient (Wildman–Crippen LogP) is 4.71. The van der Waals surface area contributed by atoms with E-state index in [4.69, 9.17) is 4.74 Å². The SMILES string of the molecule is CCc1cccc(C)c1Nc1cc(NCc2ccccc2OC)ncn1. The molecule has 0 saturated carbocycles. The van der Waals surface area contributed by atoms with E-state index in [1.54, 1.807) is 13.4 Å². The molecule has 26 heavy (non-hydrogen) atoms. The second-order valence-corrected chi connectivity index (χ2v) is 6.04. The fourth-order valence-corrected chi connectivity index (χ4v) is 2.89. The van der Waals surface area contributed by atoms with Crippen LogP contribution in [-0.4, -0.2) is 17.1 Å². The van der Waals surface area contributed by atoms with Crippen LogP contribution in [0.1, 0.15) is 23.6 Å². The van der Waals surface area contributed by atoms with Gasteiger partial charge in [-0.2, -0.15) is 0 Å². The number of anilines is 3. The van der Waals surface area contributed by atoms with E-state index < -0.39 is 0 Å². The van der Waals surface area contributed by atoms with E-state index in [2.05, 4.69) is 52.6 Å². The summed E-state index contributed by atoms with van der Waals surface area (Å²) in [7, 11) is 1.68. The summed E-state index contributed by atoms with van der Waals surface area (Å²) in [5, 5.41) is 6.77. The number of benzene rings is 2. The maximum absolute atomic E-state index is 5.39. The van der Waals surface area contributed by atoms with Crippen molar-refractivity contribution in [1.29, 1.82) is 0 Å². The Labute approximate surface area is 154 Å². The van der Waals surface area contributed by atoms with Crippen molar-refractivity contribution in [2.24, 2.45) is 0 Å². The molecule has 0 fully saturated rings. The van der Waals surface area contributed by atoms with Crippen LogP contribution in [0.2, 0.25) is 0 Å². The molecule has 0 radical (unpaired) electrons. The summed E-state index contributed by atoms with van der Waals surface area (Å²) in [6.07, 6.45) is 2.53. The van der Waals surface area contributed by atoms with Crippen LogP contribution in [0.15, 0.2) is 54.9 Å². The van der Waals surface area contributed by atoms with Crippen LogP contribution in [0.25, 0.3) is 0 Å². The summed E-state index contributed by atoms with van der Waals surface area (Å²) >= 11 is 0. The van der Waals surface area contributed by atoms with Gasteiger partial charge in [0, 0.05) is 23.9 Å². The van der Waals surface area contributed by atoms with Gasteiger partial charge in [-0.05, 0) is 30.5 Å². The van der Waals surface area contributed by atoms with E-state index in [0.717, 1.165) is 35.1 Å². The van der Waals surface area contributed by atoms with Gasteiger partial charge in [-0.1, -0.05) is 43.3 Å². The molecule has 3 aromatic rings. The Morgan fingerprint density at radius 3 is 2.54 bits per heavy atom. The first kappa shape index (κ1) is 17.7. The van der Waals surface area contributed by atoms with E-state index in [1.807, 2.05) is 30.3 Å². The number of ether oxygens (including phenoxy) is 1. The number of methoxy groups -OCH3 is 1. The maximum Gasteiger partial charge on any atom is 0.135 e.